The van der Waals surface area contributed by atoms with E-state index in [-0.39, 0.29) is 29.4 Å². The maximum Gasteiger partial charge on any atom is 0.338 e. The van der Waals surface area contributed by atoms with Gasteiger partial charge in [0.05, 0.1) is 10.5 Å². The number of aryl methyl sites for hydroxylation is 2. The summed E-state index contributed by atoms with van der Waals surface area (Å²) in [5, 5.41) is 0. The van der Waals surface area contributed by atoms with Crippen LogP contribution in [0.2, 0.25) is 0 Å². The van der Waals surface area contributed by atoms with E-state index >= 15 is 0 Å². The van der Waals surface area contributed by atoms with Crippen LogP contribution in [0.5, 0.6) is 0 Å². The average Bonchev–Trinajstić information content (AvgIpc) is 2.96. The van der Waals surface area contributed by atoms with Crippen molar-refractivity contribution in [3.8, 4) is 0 Å². The zero-order valence-corrected chi connectivity index (χ0v) is 16.1. The third kappa shape index (κ3) is 4.87. The van der Waals surface area contributed by atoms with Crippen molar-refractivity contribution in [1.29, 1.82) is 0 Å². The van der Waals surface area contributed by atoms with E-state index in [1.165, 1.54) is 41.7 Å². The Morgan fingerprint density at radius 3 is 2.42 bits per heavy atom. The summed E-state index contributed by atoms with van der Waals surface area (Å²) < 4.78 is 31.3. The number of sulfonamides is 1. The predicted octanol–water partition coefficient (Wildman–Crippen LogP) is 2.87. The lowest BCUT2D eigenvalue weighted by Gasteiger charge is -2.07. The van der Waals surface area contributed by atoms with Gasteiger partial charge in [-0.15, -0.1) is 17.9 Å². The molecule has 0 atom stereocenters. The highest BCUT2D eigenvalue weighted by molar-refractivity contribution is 7.89. The Morgan fingerprint density at radius 1 is 1.23 bits per heavy atom. The zero-order chi connectivity index (χ0) is 19.3. The molecule has 0 fully saturated rings. The van der Waals surface area contributed by atoms with Gasteiger partial charge in [0.15, 0.2) is 6.61 Å². The lowest BCUT2D eigenvalue weighted by molar-refractivity contribution is 0.0474. The topological polar surface area (TPSA) is 89.5 Å². The molecule has 2 rings (SSSR count). The number of hydrogen-bond donors (Lipinski definition) is 1. The Morgan fingerprint density at radius 2 is 1.88 bits per heavy atom. The van der Waals surface area contributed by atoms with Gasteiger partial charge in [-0.3, -0.25) is 4.79 Å². The number of Topliss-reactive ketones (excluding diaryl/α,β-unsaturated/α-hetero) is 1. The summed E-state index contributed by atoms with van der Waals surface area (Å²) in [4.78, 5) is 26.1. The maximum absolute atomic E-state index is 12.1. The second-order valence-electron chi connectivity index (χ2n) is 5.49. The maximum atomic E-state index is 12.1. The summed E-state index contributed by atoms with van der Waals surface area (Å²) >= 11 is 1.51. The van der Waals surface area contributed by atoms with Crippen molar-refractivity contribution in [3.63, 3.8) is 0 Å². The number of carbonyl (C=O) groups is 2. The number of hydrogen-bond acceptors (Lipinski definition) is 6. The van der Waals surface area contributed by atoms with Crippen molar-refractivity contribution in [2.75, 3.05) is 13.2 Å². The fraction of sp³-hybridized carbons (Fsp3) is 0.222. The predicted molar refractivity (Wildman–Crippen MR) is 100 cm³/mol. The molecular weight excluding hydrogens is 374 g/mol. The minimum absolute atomic E-state index is 0.0244. The normalized spacial score (nSPS) is 11.2. The first-order valence-electron chi connectivity index (χ1n) is 7.72. The van der Waals surface area contributed by atoms with Gasteiger partial charge in [0.2, 0.25) is 15.8 Å². The molecule has 0 saturated carbocycles. The summed E-state index contributed by atoms with van der Waals surface area (Å²) in [5.74, 6) is -0.959. The largest absolute Gasteiger partial charge is 0.454 e. The molecule has 0 radical (unpaired) electrons. The molecule has 138 valence electrons. The minimum atomic E-state index is -3.66. The molecule has 0 amide bonds. The molecule has 26 heavy (non-hydrogen) atoms. The molecule has 1 heterocycles. The number of rotatable bonds is 8. The molecule has 0 saturated heterocycles. The molecule has 0 unspecified atom stereocenters. The van der Waals surface area contributed by atoms with Crippen LogP contribution >= 0.6 is 11.3 Å². The number of esters is 1. The van der Waals surface area contributed by atoms with Crippen LogP contribution < -0.4 is 4.72 Å². The van der Waals surface area contributed by atoms with Crippen molar-refractivity contribution in [2.24, 2.45) is 0 Å². The average molecular weight is 393 g/mol. The van der Waals surface area contributed by atoms with Crippen LogP contribution in [0.15, 0.2) is 47.9 Å². The van der Waals surface area contributed by atoms with E-state index in [2.05, 4.69) is 11.3 Å². The van der Waals surface area contributed by atoms with Gasteiger partial charge in [0.25, 0.3) is 0 Å². The van der Waals surface area contributed by atoms with E-state index in [1.54, 1.807) is 6.07 Å². The first kappa shape index (κ1) is 20.0. The Kier molecular flexibility index (Phi) is 6.47. The second-order valence-corrected chi connectivity index (χ2v) is 8.72. The molecule has 2 aromatic rings. The van der Waals surface area contributed by atoms with E-state index in [9.17, 15) is 18.0 Å². The van der Waals surface area contributed by atoms with Gasteiger partial charge in [0.1, 0.15) is 0 Å². The molecule has 0 spiro atoms. The van der Waals surface area contributed by atoms with Crippen LogP contribution in [0, 0.1) is 13.8 Å². The quantitative estimate of drug-likeness (QED) is 0.423. The highest BCUT2D eigenvalue weighted by Crippen LogP contribution is 2.21. The summed E-state index contributed by atoms with van der Waals surface area (Å²) in [6, 6.07) is 7.06. The van der Waals surface area contributed by atoms with Crippen molar-refractivity contribution < 1.29 is 22.7 Å². The van der Waals surface area contributed by atoms with Crippen LogP contribution in [0.4, 0.5) is 0 Å². The van der Waals surface area contributed by atoms with E-state index in [1.807, 2.05) is 13.8 Å². The summed E-state index contributed by atoms with van der Waals surface area (Å²) in [5.41, 5.74) is 0.716. The van der Waals surface area contributed by atoms with Crippen LogP contribution in [-0.2, 0) is 14.8 Å². The molecule has 1 N–H and O–H groups in total. The van der Waals surface area contributed by atoms with Gasteiger partial charge in [-0.2, -0.15) is 0 Å². The van der Waals surface area contributed by atoms with Crippen molar-refractivity contribution in [3.05, 3.63) is 63.9 Å². The third-order valence-corrected chi connectivity index (χ3v) is 5.90. The van der Waals surface area contributed by atoms with Crippen LogP contribution in [-0.4, -0.2) is 33.3 Å². The van der Waals surface area contributed by atoms with Crippen LogP contribution in [0.25, 0.3) is 0 Å². The first-order chi connectivity index (χ1) is 12.2. The molecule has 0 bridgehead atoms. The lowest BCUT2D eigenvalue weighted by atomic mass is 10.2. The van der Waals surface area contributed by atoms with Gasteiger partial charge in [-0.1, -0.05) is 6.08 Å². The smallest absolute Gasteiger partial charge is 0.338 e. The number of ketones is 1. The van der Waals surface area contributed by atoms with E-state index in [4.69, 9.17) is 4.74 Å². The third-order valence-electron chi connectivity index (χ3n) is 3.49. The van der Waals surface area contributed by atoms with E-state index in [0.29, 0.717) is 5.56 Å². The van der Waals surface area contributed by atoms with Crippen LogP contribution in [0.1, 0.15) is 30.5 Å². The SMILES string of the molecule is C=CCNS(=O)(=O)c1ccc(C(=O)OCC(=O)c2cc(C)sc2C)cc1. The fourth-order valence-corrected chi connectivity index (χ4v) is 4.16. The van der Waals surface area contributed by atoms with Crippen molar-refractivity contribution >= 4 is 33.1 Å². The molecule has 0 aliphatic heterocycles. The summed E-state index contributed by atoms with van der Waals surface area (Å²) in [6.07, 6.45) is 1.43. The molecular formula is C18H19NO5S2. The van der Waals surface area contributed by atoms with E-state index in [0.717, 1.165) is 9.75 Å². The number of ether oxygens (including phenoxy) is 1. The molecule has 6 nitrogen and oxygen atoms in total. The highest BCUT2D eigenvalue weighted by atomic mass is 32.2. The van der Waals surface area contributed by atoms with E-state index < -0.39 is 16.0 Å². The number of nitrogens with one attached hydrogen (secondary N) is 1. The van der Waals surface area contributed by atoms with Gasteiger partial charge < -0.3 is 4.74 Å². The highest BCUT2D eigenvalue weighted by Gasteiger charge is 2.17. The Hall–Kier alpha value is -2.29. The van der Waals surface area contributed by atoms with Gasteiger partial charge in [0, 0.05) is 21.9 Å². The Balaban J connectivity index is 2.01. The van der Waals surface area contributed by atoms with Crippen molar-refractivity contribution in [2.45, 2.75) is 18.7 Å². The molecule has 8 heteroatoms. The van der Waals surface area contributed by atoms with Gasteiger partial charge in [-0.25, -0.2) is 17.9 Å². The number of carbonyl (C=O) groups excluding carboxylic acids is 2. The van der Waals surface area contributed by atoms with Crippen molar-refractivity contribution in [1.82, 2.24) is 4.72 Å². The number of benzene rings is 1. The zero-order valence-electron chi connectivity index (χ0n) is 14.4. The second kappa shape index (κ2) is 8.39. The fourth-order valence-electron chi connectivity index (χ4n) is 2.22. The molecule has 0 aliphatic rings. The van der Waals surface area contributed by atoms with Crippen LogP contribution in [0.3, 0.4) is 0 Å². The monoisotopic (exact) mass is 393 g/mol. The summed E-state index contributed by atoms with van der Waals surface area (Å²) in [7, 11) is -3.66. The summed E-state index contributed by atoms with van der Waals surface area (Å²) in [6.45, 7) is 6.93. The molecule has 1 aromatic carbocycles. The Labute approximate surface area is 156 Å². The lowest BCUT2D eigenvalue weighted by Crippen LogP contribution is -2.23. The first-order valence-corrected chi connectivity index (χ1v) is 10.0. The number of thiophene rings is 1. The Bertz CT molecular complexity index is 927. The van der Waals surface area contributed by atoms with Gasteiger partial charge in [-0.05, 0) is 44.2 Å². The molecule has 0 aliphatic carbocycles. The minimum Gasteiger partial charge on any atom is -0.454 e. The standard InChI is InChI=1S/C18H19NO5S2/c1-4-9-19-26(22,23)15-7-5-14(6-8-15)18(21)24-11-17(20)16-10-12(2)25-13(16)3/h4-8,10,19H,1,9,11H2,2-3H3. The molecule has 1 aromatic heterocycles. The van der Waals surface area contributed by atoms with Gasteiger partial charge >= 0.3 is 5.97 Å².